The highest BCUT2D eigenvalue weighted by molar-refractivity contribution is 6.30. The maximum Gasteiger partial charge on any atom is 0.343 e. The minimum atomic E-state index is -0.551. The van der Waals surface area contributed by atoms with Crippen LogP contribution >= 0.6 is 11.6 Å². The van der Waals surface area contributed by atoms with Crippen LogP contribution in [0.4, 0.5) is 0 Å². The first-order valence-electron chi connectivity index (χ1n) is 9.66. The van der Waals surface area contributed by atoms with Crippen LogP contribution in [-0.4, -0.2) is 30.5 Å². The van der Waals surface area contributed by atoms with Crippen molar-refractivity contribution >= 4 is 35.6 Å². The second-order valence-corrected chi connectivity index (χ2v) is 7.22. The first-order valence-corrected chi connectivity index (χ1v) is 10.0. The van der Waals surface area contributed by atoms with Gasteiger partial charge in [-0.2, -0.15) is 5.10 Å². The lowest BCUT2D eigenvalue weighted by Gasteiger charge is -2.07. The molecule has 3 aromatic carbocycles. The Morgan fingerprint density at radius 3 is 2.47 bits per heavy atom. The molecule has 0 aliphatic carbocycles. The van der Waals surface area contributed by atoms with E-state index in [2.05, 4.69) is 15.8 Å². The van der Waals surface area contributed by atoms with Gasteiger partial charge in [0.2, 0.25) is 0 Å². The number of rotatable bonds is 7. The van der Waals surface area contributed by atoms with E-state index >= 15 is 0 Å². The van der Waals surface area contributed by atoms with Crippen molar-refractivity contribution in [3.8, 4) is 5.75 Å². The zero-order valence-corrected chi connectivity index (χ0v) is 17.9. The molecule has 0 fully saturated rings. The molecular weight excluding hydrogens is 430 g/mol. The first-order chi connectivity index (χ1) is 15.4. The van der Waals surface area contributed by atoms with Crippen molar-refractivity contribution < 1.29 is 19.1 Å². The first kappa shape index (κ1) is 22.7. The average Bonchev–Trinajstić information content (AvgIpc) is 2.79. The Bertz CT molecular complexity index is 1160. The van der Waals surface area contributed by atoms with Gasteiger partial charge in [0.25, 0.3) is 11.8 Å². The summed E-state index contributed by atoms with van der Waals surface area (Å²) < 4.78 is 5.42. The molecule has 0 spiro atoms. The van der Waals surface area contributed by atoms with E-state index < -0.39 is 11.9 Å². The molecule has 0 heterocycles. The van der Waals surface area contributed by atoms with Gasteiger partial charge in [0.05, 0.1) is 18.3 Å². The smallest absolute Gasteiger partial charge is 0.343 e. The van der Waals surface area contributed by atoms with Crippen LogP contribution in [0, 0.1) is 6.92 Å². The number of ether oxygens (including phenoxy) is 1. The highest BCUT2D eigenvalue weighted by Gasteiger charge is 2.11. The predicted molar refractivity (Wildman–Crippen MR) is 122 cm³/mol. The van der Waals surface area contributed by atoms with Crippen molar-refractivity contribution in [3.63, 3.8) is 0 Å². The van der Waals surface area contributed by atoms with Crippen LogP contribution in [0.15, 0.2) is 77.9 Å². The lowest BCUT2D eigenvalue weighted by molar-refractivity contribution is -0.120. The fourth-order valence-corrected chi connectivity index (χ4v) is 2.81. The summed E-state index contributed by atoms with van der Waals surface area (Å²) in [7, 11) is 0. The van der Waals surface area contributed by atoms with E-state index in [-0.39, 0.29) is 18.2 Å². The SMILES string of the molecule is Cc1cccc(C(=O)NCC(=O)NN=Cc2ccccc2OC(=O)c2ccc(Cl)cc2)c1. The predicted octanol–water partition coefficient (Wildman–Crippen LogP) is 3.75. The number of benzene rings is 3. The van der Waals surface area contributed by atoms with Gasteiger partial charge < -0.3 is 10.1 Å². The van der Waals surface area contributed by atoms with E-state index in [1.54, 1.807) is 66.7 Å². The average molecular weight is 450 g/mol. The number of aryl methyl sites for hydroxylation is 1. The zero-order chi connectivity index (χ0) is 22.9. The highest BCUT2D eigenvalue weighted by Crippen LogP contribution is 2.18. The molecule has 8 heteroatoms. The number of hydrazone groups is 1. The standard InChI is InChI=1S/C24H20ClN3O4/c1-16-5-4-7-18(13-16)23(30)26-15-22(29)28-27-14-19-6-2-3-8-21(19)32-24(31)17-9-11-20(25)12-10-17/h2-14H,15H2,1H3,(H,26,30)(H,28,29). The number of halogens is 1. The van der Waals surface area contributed by atoms with Gasteiger partial charge in [-0.05, 0) is 55.5 Å². The second kappa shape index (κ2) is 10.9. The van der Waals surface area contributed by atoms with Gasteiger partial charge in [0, 0.05) is 16.1 Å². The topological polar surface area (TPSA) is 96.9 Å². The van der Waals surface area contributed by atoms with Crippen molar-refractivity contribution in [1.29, 1.82) is 0 Å². The van der Waals surface area contributed by atoms with Gasteiger partial charge in [-0.25, -0.2) is 10.2 Å². The van der Waals surface area contributed by atoms with E-state index in [0.29, 0.717) is 21.7 Å². The number of amides is 2. The summed E-state index contributed by atoms with van der Waals surface area (Å²) in [5, 5.41) is 6.92. The number of carbonyl (C=O) groups excluding carboxylic acids is 3. The van der Waals surface area contributed by atoms with E-state index in [1.807, 2.05) is 13.0 Å². The van der Waals surface area contributed by atoms with Crippen LogP contribution in [0.3, 0.4) is 0 Å². The molecule has 0 aliphatic heterocycles. The summed E-state index contributed by atoms with van der Waals surface area (Å²) in [6.45, 7) is 1.64. The number of hydrogen-bond acceptors (Lipinski definition) is 5. The molecule has 0 saturated carbocycles. The molecule has 3 rings (SSSR count). The minimum Gasteiger partial charge on any atom is -0.422 e. The molecule has 0 saturated heterocycles. The summed E-state index contributed by atoms with van der Waals surface area (Å²) in [4.78, 5) is 36.4. The van der Waals surface area contributed by atoms with Crippen LogP contribution in [0.5, 0.6) is 5.75 Å². The van der Waals surface area contributed by atoms with Crippen LogP contribution in [0.2, 0.25) is 5.02 Å². The van der Waals surface area contributed by atoms with Gasteiger partial charge in [0.1, 0.15) is 5.75 Å². The van der Waals surface area contributed by atoms with Gasteiger partial charge in [0.15, 0.2) is 0 Å². The van der Waals surface area contributed by atoms with Crippen LogP contribution in [0.25, 0.3) is 0 Å². The Kier molecular flexibility index (Phi) is 7.72. The monoisotopic (exact) mass is 449 g/mol. The van der Waals surface area contributed by atoms with Gasteiger partial charge >= 0.3 is 5.97 Å². The lowest BCUT2D eigenvalue weighted by atomic mass is 10.1. The summed E-state index contributed by atoms with van der Waals surface area (Å²) in [6, 6.07) is 20.1. The summed E-state index contributed by atoms with van der Waals surface area (Å²) in [6.07, 6.45) is 1.35. The molecule has 2 N–H and O–H groups in total. The van der Waals surface area contributed by atoms with Crippen molar-refractivity contribution in [2.45, 2.75) is 6.92 Å². The molecule has 162 valence electrons. The van der Waals surface area contributed by atoms with Gasteiger partial charge in [-0.1, -0.05) is 41.4 Å². The quantitative estimate of drug-likeness (QED) is 0.248. The fourth-order valence-electron chi connectivity index (χ4n) is 2.69. The number of hydrogen-bond donors (Lipinski definition) is 2. The van der Waals surface area contributed by atoms with E-state index in [4.69, 9.17) is 16.3 Å². The molecular formula is C24H20ClN3O4. The number of esters is 1. The maximum atomic E-state index is 12.3. The lowest BCUT2D eigenvalue weighted by Crippen LogP contribution is -2.34. The molecule has 0 atom stereocenters. The normalized spacial score (nSPS) is 10.6. The Labute approximate surface area is 190 Å². The third-order valence-electron chi connectivity index (χ3n) is 4.28. The second-order valence-electron chi connectivity index (χ2n) is 6.78. The molecule has 0 unspecified atom stereocenters. The van der Waals surface area contributed by atoms with Gasteiger partial charge in [-0.3, -0.25) is 9.59 Å². The van der Waals surface area contributed by atoms with E-state index in [0.717, 1.165) is 5.56 Å². The molecule has 0 bridgehead atoms. The molecule has 7 nitrogen and oxygen atoms in total. The van der Waals surface area contributed by atoms with Gasteiger partial charge in [-0.15, -0.1) is 0 Å². The van der Waals surface area contributed by atoms with Crippen molar-refractivity contribution in [2.24, 2.45) is 5.10 Å². The van der Waals surface area contributed by atoms with Crippen LogP contribution < -0.4 is 15.5 Å². The summed E-state index contributed by atoms with van der Waals surface area (Å²) in [5.41, 5.74) is 4.58. The number of nitrogens with zero attached hydrogens (tertiary/aromatic N) is 1. The molecule has 0 aromatic heterocycles. The number of nitrogens with one attached hydrogen (secondary N) is 2. The molecule has 0 radical (unpaired) electrons. The Hall–Kier alpha value is -3.97. The van der Waals surface area contributed by atoms with Crippen molar-refractivity contribution in [1.82, 2.24) is 10.7 Å². The van der Waals surface area contributed by atoms with Crippen molar-refractivity contribution in [2.75, 3.05) is 6.54 Å². The van der Waals surface area contributed by atoms with Crippen LogP contribution in [-0.2, 0) is 4.79 Å². The number of para-hydroxylation sites is 1. The van der Waals surface area contributed by atoms with Crippen molar-refractivity contribution in [3.05, 3.63) is 100 Å². The number of carbonyl (C=O) groups is 3. The highest BCUT2D eigenvalue weighted by atomic mass is 35.5. The molecule has 2 amide bonds. The largest absolute Gasteiger partial charge is 0.422 e. The molecule has 3 aromatic rings. The molecule has 0 aliphatic rings. The summed E-state index contributed by atoms with van der Waals surface area (Å²) >= 11 is 5.83. The third kappa shape index (κ3) is 6.52. The van der Waals surface area contributed by atoms with E-state index in [1.165, 1.54) is 6.21 Å². The fraction of sp³-hybridized carbons (Fsp3) is 0.0833. The minimum absolute atomic E-state index is 0.239. The third-order valence-corrected chi connectivity index (χ3v) is 4.54. The van der Waals surface area contributed by atoms with Crippen LogP contribution in [0.1, 0.15) is 31.8 Å². The maximum absolute atomic E-state index is 12.3. The summed E-state index contributed by atoms with van der Waals surface area (Å²) in [5.74, 6) is -1.13. The Morgan fingerprint density at radius 2 is 1.72 bits per heavy atom. The van der Waals surface area contributed by atoms with E-state index in [9.17, 15) is 14.4 Å². The zero-order valence-electron chi connectivity index (χ0n) is 17.2. The molecule has 32 heavy (non-hydrogen) atoms. The Balaban J connectivity index is 1.55. The Morgan fingerprint density at radius 1 is 0.969 bits per heavy atom.